The number of hydrogen-bond acceptors (Lipinski definition) is 4. The van der Waals surface area contributed by atoms with Crippen molar-refractivity contribution in [3.63, 3.8) is 0 Å². The molecule has 6 heteroatoms. The lowest BCUT2D eigenvalue weighted by Gasteiger charge is -2.22. The third-order valence-corrected chi connectivity index (χ3v) is 5.74. The molecule has 2 aromatic carbocycles. The summed E-state index contributed by atoms with van der Waals surface area (Å²) in [7, 11) is 0. The van der Waals surface area contributed by atoms with E-state index in [0.29, 0.717) is 36.1 Å². The number of aliphatic hydroxyl groups excluding tert-OH is 1. The molecule has 0 bridgehead atoms. The van der Waals surface area contributed by atoms with Crippen LogP contribution in [0.4, 0.5) is 5.69 Å². The highest BCUT2D eigenvalue weighted by molar-refractivity contribution is 6.05. The zero-order chi connectivity index (χ0) is 21.4. The molecule has 1 aromatic heterocycles. The first-order valence-electron chi connectivity index (χ1n) is 10.4. The molecule has 1 atom stereocenters. The average Bonchev–Trinajstić information content (AvgIpc) is 2.99. The maximum absolute atomic E-state index is 13.4. The standard InChI is InChI=1S/C24H27N3O3/c1-15(2)27-21-10-9-16(3)13-18(21)19(24(27)30)14-22-25-20-8-5-4-7-17(20)23(29)26(22)11-6-12-28/h4-5,7-10,13,15,19,28H,6,11-12,14H2,1-3H3/t19-/m1/s1. The molecule has 1 aliphatic heterocycles. The fraction of sp³-hybridized carbons (Fsp3) is 0.375. The normalized spacial score (nSPS) is 16.0. The molecule has 6 nitrogen and oxygen atoms in total. The van der Waals surface area contributed by atoms with Gasteiger partial charge in [0, 0.05) is 31.3 Å². The number of amides is 1. The molecule has 30 heavy (non-hydrogen) atoms. The van der Waals surface area contributed by atoms with E-state index in [4.69, 9.17) is 4.98 Å². The summed E-state index contributed by atoms with van der Waals surface area (Å²) in [6.45, 7) is 6.40. The first-order chi connectivity index (χ1) is 14.4. The number of aliphatic hydroxyl groups is 1. The predicted octanol–water partition coefficient (Wildman–Crippen LogP) is 3.17. The Kier molecular flexibility index (Phi) is 5.43. The van der Waals surface area contributed by atoms with Crippen LogP contribution < -0.4 is 10.5 Å². The Hall–Kier alpha value is -2.99. The van der Waals surface area contributed by atoms with Crippen LogP contribution in [0, 0.1) is 6.92 Å². The number of aryl methyl sites for hydroxylation is 1. The quantitative estimate of drug-likeness (QED) is 0.684. The van der Waals surface area contributed by atoms with Crippen LogP contribution in [-0.2, 0) is 17.8 Å². The van der Waals surface area contributed by atoms with Gasteiger partial charge in [-0.3, -0.25) is 14.2 Å². The van der Waals surface area contributed by atoms with Gasteiger partial charge in [-0.15, -0.1) is 0 Å². The molecule has 0 fully saturated rings. The smallest absolute Gasteiger partial charge is 0.261 e. The molecule has 0 spiro atoms. The van der Waals surface area contributed by atoms with Crippen molar-refractivity contribution in [3.05, 3.63) is 69.8 Å². The highest BCUT2D eigenvalue weighted by atomic mass is 16.3. The number of carbonyl (C=O) groups excluding carboxylic acids is 1. The number of aromatic nitrogens is 2. The van der Waals surface area contributed by atoms with Crippen LogP contribution in [0.1, 0.15) is 43.1 Å². The monoisotopic (exact) mass is 405 g/mol. The molecule has 156 valence electrons. The number of rotatable bonds is 6. The van der Waals surface area contributed by atoms with Gasteiger partial charge in [-0.05, 0) is 51.0 Å². The lowest BCUT2D eigenvalue weighted by atomic mass is 9.95. The molecular formula is C24H27N3O3. The Morgan fingerprint density at radius 3 is 2.63 bits per heavy atom. The average molecular weight is 405 g/mol. The van der Waals surface area contributed by atoms with E-state index in [0.717, 1.165) is 16.8 Å². The van der Waals surface area contributed by atoms with Crippen LogP contribution >= 0.6 is 0 Å². The number of hydrogen-bond donors (Lipinski definition) is 1. The summed E-state index contributed by atoms with van der Waals surface area (Å²) in [6, 6.07) is 13.4. The number of nitrogens with zero attached hydrogens (tertiary/aromatic N) is 3. The van der Waals surface area contributed by atoms with Gasteiger partial charge in [0.05, 0.1) is 16.8 Å². The van der Waals surface area contributed by atoms with Gasteiger partial charge in [0.15, 0.2) is 0 Å². The van der Waals surface area contributed by atoms with E-state index in [1.54, 1.807) is 10.6 Å². The molecular weight excluding hydrogens is 378 g/mol. The second kappa shape index (κ2) is 8.03. The number of fused-ring (bicyclic) bond motifs is 2. The Morgan fingerprint density at radius 1 is 1.13 bits per heavy atom. The lowest BCUT2D eigenvalue weighted by Crippen LogP contribution is -2.36. The van der Waals surface area contributed by atoms with Crippen LogP contribution in [0.2, 0.25) is 0 Å². The van der Waals surface area contributed by atoms with Crippen LogP contribution in [0.3, 0.4) is 0 Å². The lowest BCUT2D eigenvalue weighted by molar-refractivity contribution is -0.119. The summed E-state index contributed by atoms with van der Waals surface area (Å²) in [4.78, 5) is 33.1. The van der Waals surface area contributed by atoms with Crippen molar-refractivity contribution in [2.24, 2.45) is 0 Å². The van der Waals surface area contributed by atoms with Gasteiger partial charge in [0.2, 0.25) is 5.91 Å². The Bertz CT molecular complexity index is 1170. The number of para-hydroxylation sites is 1. The van der Waals surface area contributed by atoms with Crippen molar-refractivity contribution in [2.45, 2.75) is 52.1 Å². The third kappa shape index (κ3) is 3.41. The third-order valence-electron chi connectivity index (χ3n) is 5.74. The zero-order valence-corrected chi connectivity index (χ0v) is 17.6. The Labute approximate surface area is 175 Å². The molecule has 0 saturated heterocycles. The van der Waals surface area contributed by atoms with E-state index in [-0.39, 0.29) is 30.0 Å². The Balaban J connectivity index is 1.83. The van der Waals surface area contributed by atoms with E-state index in [1.165, 1.54) is 0 Å². The molecule has 0 saturated carbocycles. The first kappa shape index (κ1) is 20.3. The van der Waals surface area contributed by atoms with Crippen LogP contribution in [0.5, 0.6) is 0 Å². The molecule has 1 amide bonds. The summed E-state index contributed by atoms with van der Waals surface area (Å²) < 4.78 is 1.62. The Morgan fingerprint density at radius 2 is 1.90 bits per heavy atom. The summed E-state index contributed by atoms with van der Waals surface area (Å²) in [5.74, 6) is 0.251. The molecule has 3 aromatic rings. The van der Waals surface area contributed by atoms with Gasteiger partial charge in [-0.2, -0.15) is 0 Å². The van der Waals surface area contributed by atoms with E-state index in [2.05, 4.69) is 6.07 Å². The summed E-state index contributed by atoms with van der Waals surface area (Å²) in [5, 5.41) is 9.86. The maximum Gasteiger partial charge on any atom is 0.261 e. The SMILES string of the molecule is Cc1ccc2c(c1)[C@@H](Cc1nc3ccccc3c(=O)n1CCCO)C(=O)N2C(C)C. The van der Waals surface area contributed by atoms with Crippen LogP contribution in [0.25, 0.3) is 10.9 Å². The maximum atomic E-state index is 13.4. The van der Waals surface area contributed by atoms with Gasteiger partial charge in [0.1, 0.15) is 5.82 Å². The molecule has 1 N–H and O–H groups in total. The molecule has 1 aliphatic rings. The van der Waals surface area contributed by atoms with Gasteiger partial charge in [0.25, 0.3) is 5.56 Å². The molecule has 4 rings (SSSR count). The minimum Gasteiger partial charge on any atom is -0.396 e. The second-order valence-electron chi connectivity index (χ2n) is 8.20. The minimum absolute atomic E-state index is 0.00970. The topological polar surface area (TPSA) is 75.4 Å². The highest BCUT2D eigenvalue weighted by Crippen LogP contribution is 2.40. The van der Waals surface area contributed by atoms with Gasteiger partial charge in [-0.25, -0.2) is 4.98 Å². The molecule has 2 heterocycles. The molecule has 0 radical (unpaired) electrons. The van der Waals surface area contributed by atoms with E-state index in [1.807, 2.05) is 56.0 Å². The minimum atomic E-state index is -0.379. The highest BCUT2D eigenvalue weighted by Gasteiger charge is 2.39. The number of carbonyl (C=O) groups is 1. The second-order valence-corrected chi connectivity index (χ2v) is 8.20. The van der Waals surface area contributed by atoms with E-state index < -0.39 is 0 Å². The molecule has 0 aliphatic carbocycles. The van der Waals surface area contributed by atoms with Crippen molar-refractivity contribution in [2.75, 3.05) is 11.5 Å². The van der Waals surface area contributed by atoms with Crippen molar-refractivity contribution in [3.8, 4) is 0 Å². The van der Waals surface area contributed by atoms with Gasteiger partial charge >= 0.3 is 0 Å². The van der Waals surface area contributed by atoms with Crippen molar-refractivity contribution < 1.29 is 9.90 Å². The number of benzene rings is 2. The van der Waals surface area contributed by atoms with Crippen LogP contribution in [-0.4, -0.2) is 33.2 Å². The first-order valence-corrected chi connectivity index (χ1v) is 10.4. The van der Waals surface area contributed by atoms with Gasteiger partial charge in [-0.1, -0.05) is 29.8 Å². The predicted molar refractivity (Wildman–Crippen MR) is 118 cm³/mol. The fourth-order valence-corrected chi connectivity index (χ4v) is 4.33. The number of anilines is 1. The van der Waals surface area contributed by atoms with Crippen molar-refractivity contribution >= 4 is 22.5 Å². The summed E-state index contributed by atoms with van der Waals surface area (Å²) in [5.41, 5.74) is 3.54. The van der Waals surface area contributed by atoms with Crippen LogP contribution in [0.15, 0.2) is 47.3 Å². The van der Waals surface area contributed by atoms with Crippen molar-refractivity contribution in [1.29, 1.82) is 0 Å². The fourth-order valence-electron chi connectivity index (χ4n) is 4.33. The van der Waals surface area contributed by atoms with Gasteiger partial charge < -0.3 is 10.0 Å². The zero-order valence-electron chi connectivity index (χ0n) is 17.6. The van der Waals surface area contributed by atoms with E-state index >= 15 is 0 Å². The summed E-state index contributed by atoms with van der Waals surface area (Å²) >= 11 is 0. The van der Waals surface area contributed by atoms with E-state index in [9.17, 15) is 14.7 Å². The largest absolute Gasteiger partial charge is 0.396 e. The molecule has 0 unspecified atom stereocenters. The summed E-state index contributed by atoms with van der Waals surface area (Å²) in [6.07, 6.45) is 0.809. The van der Waals surface area contributed by atoms with Crippen molar-refractivity contribution in [1.82, 2.24) is 9.55 Å².